The molecule has 0 spiro atoms. The SMILES string of the molecule is NC(=O)C[C@H](NC(=O)[C@@H](N)CO)C(=O)N[C@@H](Cc1cnc[nH]1)C(=O)O. The second kappa shape index (κ2) is 9.34. The summed E-state index contributed by atoms with van der Waals surface area (Å²) in [5.41, 5.74) is 10.8. The Labute approximate surface area is 142 Å². The van der Waals surface area contributed by atoms with Gasteiger partial charge in [-0.3, -0.25) is 14.4 Å². The van der Waals surface area contributed by atoms with Crippen LogP contribution in [0.2, 0.25) is 0 Å². The first-order chi connectivity index (χ1) is 11.7. The lowest BCUT2D eigenvalue weighted by atomic mass is 10.1. The van der Waals surface area contributed by atoms with Crippen LogP contribution in [-0.4, -0.2) is 68.6 Å². The molecule has 1 rings (SSSR count). The summed E-state index contributed by atoms with van der Waals surface area (Å²) in [5.74, 6) is -4.02. The summed E-state index contributed by atoms with van der Waals surface area (Å²) >= 11 is 0. The number of carbonyl (C=O) groups is 4. The summed E-state index contributed by atoms with van der Waals surface area (Å²) in [7, 11) is 0. The molecule has 0 aliphatic rings. The number of carboxylic acids is 1. The highest BCUT2D eigenvalue weighted by Gasteiger charge is 2.29. The molecule has 138 valence electrons. The number of aromatic amines is 1. The number of hydrogen-bond donors (Lipinski definition) is 7. The lowest BCUT2D eigenvalue weighted by Crippen LogP contribution is -2.56. The molecular weight excluding hydrogens is 336 g/mol. The van der Waals surface area contributed by atoms with Crippen molar-refractivity contribution in [2.75, 3.05) is 6.61 Å². The Hall–Kier alpha value is -2.99. The van der Waals surface area contributed by atoms with Gasteiger partial charge in [0.25, 0.3) is 0 Å². The molecule has 25 heavy (non-hydrogen) atoms. The molecule has 0 fully saturated rings. The molecule has 1 aromatic rings. The summed E-state index contributed by atoms with van der Waals surface area (Å²) < 4.78 is 0. The van der Waals surface area contributed by atoms with E-state index in [-0.39, 0.29) is 6.42 Å². The van der Waals surface area contributed by atoms with Crippen molar-refractivity contribution in [3.05, 3.63) is 18.2 Å². The fraction of sp³-hybridized carbons (Fsp3) is 0.462. The number of nitrogens with zero attached hydrogens (tertiary/aromatic N) is 1. The Morgan fingerprint density at radius 2 is 1.84 bits per heavy atom. The molecule has 0 aliphatic heterocycles. The van der Waals surface area contributed by atoms with Crippen LogP contribution in [0.25, 0.3) is 0 Å². The zero-order chi connectivity index (χ0) is 19.0. The number of aliphatic carboxylic acids is 1. The lowest BCUT2D eigenvalue weighted by Gasteiger charge is -2.21. The summed E-state index contributed by atoms with van der Waals surface area (Å²) in [6.07, 6.45) is 2.09. The van der Waals surface area contributed by atoms with Crippen molar-refractivity contribution in [2.24, 2.45) is 11.5 Å². The molecule has 0 unspecified atom stereocenters. The molecule has 9 N–H and O–H groups in total. The lowest BCUT2D eigenvalue weighted by molar-refractivity contribution is -0.142. The van der Waals surface area contributed by atoms with E-state index in [2.05, 4.69) is 20.6 Å². The highest BCUT2D eigenvalue weighted by molar-refractivity contribution is 5.94. The molecule has 0 aliphatic carbocycles. The number of primary amides is 1. The first kappa shape index (κ1) is 20.1. The molecule has 12 heteroatoms. The van der Waals surface area contributed by atoms with Gasteiger partial charge >= 0.3 is 5.97 Å². The van der Waals surface area contributed by atoms with E-state index in [9.17, 15) is 24.3 Å². The third-order valence-corrected chi connectivity index (χ3v) is 3.17. The van der Waals surface area contributed by atoms with Crippen LogP contribution in [0.5, 0.6) is 0 Å². The van der Waals surface area contributed by atoms with E-state index in [1.54, 1.807) is 0 Å². The van der Waals surface area contributed by atoms with Gasteiger partial charge in [-0.05, 0) is 0 Å². The van der Waals surface area contributed by atoms with Gasteiger partial charge in [0.1, 0.15) is 18.1 Å². The Balaban J connectivity index is 2.81. The van der Waals surface area contributed by atoms with Gasteiger partial charge in [-0.25, -0.2) is 9.78 Å². The van der Waals surface area contributed by atoms with Gasteiger partial charge in [0.05, 0.1) is 19.4 Å². The topological polar surface area (TPSA) is 214 Å². The number of amides is 3. The molecule has 1 heterocycles. The van der Waals surface area contributed by atoms with Crippen LogP contribution in [0.3, 0.4) is 0 Å². The molecule has 0 aromatic carbocycles. The maximum absolute atomic E-state index is 12.2. The number of imidazole rings is 1. The van der Waals surface area contributed by atoms with Crippen LogP contribution >= 0.6 is 0 Å². The number of nitrogens with one attached hydrogen (secondary N) is 3. The van der Waals surface area contributed by atoms with E-state index in [0.717, 1.165) is 0 Å². The number of nitrogens with two attached hydrogens (primary N) is 2. The van der Waals surface area contributed by atoms with Crippen molar-refractivity contribution in [2.45, 2.75) is 31.0 Å². The quantitative estimate of drug-likeness (QED) is 0.220. The van der Waals surface area contributed by atoms with Crippen molar-refractivity contribution in [3.8, 4) is 0 Å². The Bertz CT molecular complexity index is 619. The third kappa shape index (κ3) is 6.56. The number of aromatic nitrogens is 2. The van der Waals surface area contributed by atoms with Crippen LogP contribution in [0.1, 0.15) is 12.1 Å². The van der Waals surface area contributed by atoms with E-state index in [4.69, 9.17) is 16.6 Å². The largest absolute Gasteiger partial charge is 0.480 e. The van der Waals surface area contributed by atoms with Crippen molar-refractivity contribution < 1.29 is 29.4 Å². The molecule has 0 saturated carbocycles. The van der Waals surface area contributed by atoms with Crippen LogP contribution < -0.4 is 22.1 Å². The van der Waals surface area contributed by atoms with E-state index < -0.39 is 54.8 Å². The van der Waals surface area contributed by atoms with Crippen molar-refractivity contribution in [1.82, 2.24) is 20.6 Å². The van der Waals surface area contributed by atoms with Gasteiger partial charge in [0.2, 0.25) is 17.7 Å². The van der Waals surface area contributed by atoms with Gasteiger partial charge < -0.3 is 37.3 Å². The average Bonchev–Trinajstić information content (AvgIpc) is 3.05. The third-order valence-electron chi connectivity index (χ3n) is 3.17. The zero-order valence-corrected chi connectivity index (χ0v) is 13.1. The maximum atomic E-state index is 12.2. The van der Waals surface area contributed by atoms with Crippen LogP contribution in [0, 0.1) is 0 Å². The fourth-order valence-electron chi connectivity index (χ4n) is 1.86. The minimum atomic E-state index is -1.42. The smallest absolute Gasteiger partial charge is 0.326 e. The Kier molecular flexibility index (Phi) is 7.49. The van der Waals surface area contributed by atoms with Crippen LogP contribution in [-0.2, 0) is 25.6 Å². The van der Waals surface area contributed by atoms with Gasteiger partial charge in [0, 0.05) is 18.3 Å². The summed E-state index contributed by atoms with van der Waals surface area (Å²) in [4.78, 5) is 52.8. The predicted octanol–water partition coefficient (Wildman–Crippen LogP) is -3.80. The highest BCUT2D eigenvalue weighted by Crippen LogP contribution is 2.01. The monoisotopic (exact) mass is 356 g/mol. The number of aliphatic hydroxyl groups excluding tert-OH is 1. The number of carbonyl (C=O) groups excluding carboxylic acids is 3. The second-order valence-electron chi connectivity index (χ2n) is 5.20. The minimum absolute atomic E-state index is 0.0888. The highest BCUT2D eigenvalue weighted by atomic mass is 16.4. The molecule has 0 bridgehead atoms. The molecule has 12 nitrogen and oxygen atoms in total. The standard InChI is InChI=1S/C13H20N6O6/c14-7(4-20)11(22)18-8(2-10(15)21)12(23)19-9(13(24)25)1-6-3-16-5-17-6/h3,5,7-9,20H,1-2,4,14H2,(H2,15,21)(H,16,17)(H,18,22)(H,19,23)(H,24,25)/t7-,8-,9-/m0/s1. The van der Waals surface area contributed by atoms with Gasteiger partial charge in [-0.2, -0.15) is 0 Å². The number of aliphatic hydroxyl groups is 1. The molecule has 3 amide bonds. The van der Waals surface area contributed by atoms with Crippen LogP contribution in [0.4, 0.5) is 0 Å². The number of H-pyrrole nitrogens is 1. The van der Waals surface area contributed by atoms with E-state index in [1.807, 2.05) is 0 Å². The van der Waals surface area contributed by atoms with Crippen molar-refractivity contribution >= 4 is 23.7 Å². The molecule has 1 aromatic heterocycles. The van der Waals surface area contributed by atoms with E-state index >= 15 is 0 Å². The summed E-state index contributed by atoms with van der Waals surface area (Å²) in [6.45, 7) is -0.672. The first-order valence-corrected chi connectivity index (χ1v) is 7.20. The van der Waals surface area contributed by atoms with Gasteiger partial charge in [-0.1, -0.05) is 0 Å². The average molecular weight is 356 g/mol. The summed E-state index contributed by atoms with van der Waals surface area (Å²) in [6, 6.07) is -4.05. The van der Waals surface area contributed by atoms with Crippen LogP contribution in [0.15, 0.2) is 12.5 Å². The van der Waals surface area contributed by atoms with Gasteiger partial charge in [0.15, 0.2) is 0 Å². The minimum Gasteiger partial charge on any atom is -0.480 e. The normalized spacial score (nSPS) is 14.2. The molecule has 0 radical (unpaired) electrons. The molecule has 3 atom stereocenters. The van der Waals surface area contributed by atoms with Crippen molar-refractivity contribution in [1.29, 1.82) is 0 Å². The summed E-state index contributed by atoms with van der Waals surface area (Å²) in [5, 5.41) is 22.4. The molecule has 0 saturated heterocycles. The number of hydrogen-bond acceptors (Lipinski definition) is 7. The Morgan fingerprint density at radius 3 is 2.32 bits per heavy atom. The number of carboxylic acid groups (broad SMARTS) is 1. The van der Waals surface area contributed by atoms with E-state index in [1.165, 1.54) is 12.5 Å². The second-order valence-corrected chi connectivity index (χ2v) is 5.20. The van der Waals surface area contributed by atoms with E-state index in [0.29, 0.717) is 5.69 Å². The zero-order valence-electron chi connectivity index (χ0n) is 13.1. The number of rotatable bonds is 10. The Morgan fingerprint density at radius 1 is 1.20 bits per heavy atom. The van der Waals surface area contributed by atoms with Gasteiger partial charge in [-0.15, -0.1) is 0 Å². The molecular formula is C13H20N6O6. The maximum Gasteiger partial charge on any atom is 0.326 e. The predicted molar refractivity (Wildman–Crippen MR) is 82.7 cm³/mol. The van der Waals surface area contributed by atoms with Crippen molar-refractivity contribution in [3.63, 3.8) is 0 Å². The first-order valence-electron chi connectivity index (χ1n) is 7.20. The fourth-order valence-corrected chi connectivity index (χ4v) is 1.86.